The molecule has 3 rings (SSSR count). The van der Waals surface area contributed by atoms with Gasteiger partial charge in [0.25, 0.3) is 0 Å². The molecule has 1 fully saturated rings. The van der Waals surface area contributed by atoms with Gasteiger partial charge in [-0.2, -0.15) is 0 Å². The maximum absolute atomic E-state index is 13.4. The van der Waals surface area contributed by atoms with Crippen LogP contribution >= 0.6 is 23.7 Å². The number of aromatic nitrogens is 1. The molecule has 4 atom stereocenters. The zero-order valence-corrected chi connectivity index (χ0v) is 22.9. The number of aliphatic hydroxyl groups excluding tert-OH is 1. The molecule has 0 aliphatic carbocycles. The summed E-state index contributed by atoms with van der Waals surface area (Å²) in [5.74, 6) is -0.585. The highest BCUT2D eigenvalue weighted by atomic mass is 35.5. The number of nitrogens with two attached hydrogens (primary N) is 1. The molecular weight excluding hydrogens is 486 g/mol. The number of nitrogens with zero attached hydrogens (tertiary/aromatic N) is 3. The lowest BCUT2D eigenvalue weighted by molar-refractivity contribution is -0.141. The number of carbonyl (C=O) groups excluding carboxylic acids is 2. The number of hydrogen-bond acceptors (Lipinski definition) is 7. The topological polar surface area (TPSA) is 112 Å². The highest BCUT2D eigenvalue weighted by molar-refractivity contribution is 7.13. The number of benzene rings is 1. The van der Waals surface area contributed by atoms with Crippen molar-refractivity contribution in [2.24, 2.45) is 11.1 Å². The quantitative estimate of drug-likeness (QED) is 0.514. The average Bonchev–Trinajstić information content (AvgIpc) is 3.36. The number of hydrogen-bond donors (Lipinski definition) is 3. The first kappa shape index (κ1) is 29.2. The lowest BCUT2D eigenvalue weighted by atomic mass is 9.86. The standard InChI is InChI=1S/C25H37N5O3S.ClH/c1-15-21(34-14-27-15)17-9-7-16(8-10-17)19(13-29(5)6)28-23(32)20-11-18(31)12-30(20)24(33)22(26)25(2,3)4;/h7-10,14,18-20,22,31H,11-13,26H2,1-6H3,(H,28,32);1H/t18-,19?,20+,22?;/m1./s1. The summed E-state index contributed by atoms with van der Waals surface area (Å²) in [6.07, 6.45) is -0.548. The number of carbonyl (C=O) groups is 2. The maximum Gasteiger partial charge on any atom is 0.243 e. The van der Waals surface area contributed by atoms with Crippen molar-refractivity contribution in [3.8, 4) is 10.4 Å². The fourth-order valence-corrected chi connectivity index (χ4v) is 4.98. The van der Waals surface area contributed by atoms with E-state index in [0.29, 0.717) is 6.54 Å². The van der Waals surface area contributed by atoms with E-state index in [1.807, 2.05) is 76.5 Å². The number of thiazole rings is 1. The molecule has 0 spiro atoms. The Kier molecular flexibility index (Phi) is 9.84. The number of β-amino-alcohol motifs (C(OH)–C–C–N with tert-alkyl or cyclic N) is 1. The van der Waals surface area contributed by atoms with E-state index in [1.54, 1.807) is 11.3 Å². The van der Waals surface area contributed by atoms with E-state index in [9.17, 15) is 14.7 Å². The molecule has 2 amide bonds. The third-order valence-corrected chi connectivity index (χ3v) is 7.23. The Bertz CT molecular complexity index is 1010. The Labute approximate surface area is 218 Å². The van der Waals surface area contributed by atoms with Crippen LogP contribution in [-0.2, 0) is 9.59 Å². The summed E-state index contributed by atoms with van der Waals surface area (Å²) in [6, 6.07) is 6.35. The van der Waals surface area contributed by atoms with Crippen LogP contribution in [0.3, 0.4) is 0 Å². The van der Waals surface area contributed by atoms with Crippen LogP contribution in [0, 0.1) is 12.3 Å². The van der Waals surface area contributed by atoms with Gasteiger partial charge in [0.2, 0.25) is 11.8 Å². The number of rotatable bonds is 7. The summed E-state index contributed by atoms with van der Waals surface area (Å²) < 4.78 is 0. The summed E-state index contributed by atoms with van der Waals surface area (Å²) in [7, 11) is 3.90. The summed E-state index contributed by atoms with van der Waals surface area (Å²) in [5.41, 5.74) is 10.6. The molecule has 2 heterocycles. The van der Waals surface area contributed by atoms with E-state index in [2.05, 4.69) is 10.3 Å². The largest absolute Gasteiger partial charge is 0.391 e. The lowest BCUT2D eigenvalue weighted by Gasteiger charge is -2.33. The van der Waals surface area contributed by atoms with Crippen molar-refractivity contribution >= 4 is 35.6 Å². The maximum atomic E-state index is 13.4. The molecule has 0 saturated carbocycles. The molecule has 1 aliphatic heterocycles. The van der Waals surface area contributed by atoms with Crippen LogP contribution in [0.2, 0.25) is 0 Å². The van der Waals surface area contributed by atoms with Crippen LogP contribution in [-0.4, -0.2) is 77.1 Å². The highest BCUT2D eigenvalue weighted by Crippen LogP contribution is 2.29. The molecule has 4 N–H and O–H groups in total. The third kappa shape index (κ3) is 7.01. The lowest BCUT2D eigenvalue weighted by Crippen LogP contribution is -2.55. The van der Waals surface area contributed by atoms with E-state index >= 15 is 0 Å². The molecule has 2 unspecified atom stereocenters. The van der Waals surface area contributed by atoms with Gasteiger partial charge in [-0.25, -0.2) is 4.98 Å². The summed E-state index contributed by atoms with van der Waals surface area (Å²) >= 11 is 1.60. The van der Waals surface area contributed by atoms with Crippen molar-refractivity contribution in [2.75, 3.05) is 27.2 Å². The number of amides is 2. The smallest absolute Gasteiger partial charge is 0.243 e. The van der Waals surface area contributed by atoms with E-state index in [1.165, 1.54) is 4.90 Å². The SMILES string of the molecule is Cc1ncsc1-c1ccc(C(CN(C)C)NC(=O)[C@@H]2C[C@@H](O)CN2C(=O)C(N)C(C)(C)C)cc1.Cl. The van der Waals surface area contributed by atoms with E-state index in [0.717, 1.165) is 21.7 Å². The van der Waals surface area contributed by atoms with Gasteiger partial charge in [-0.1, -0.05) is 45.0 Å². The second-order valence-electron chi connectivity index (χ2n) is 10.5. The minimum absolute atomic E-state index is 0. The third-order valence-electron chi connectivity index (χ3n) is 6.25. The molecule has 8 nitrogen and oxygen atoms in total. The fraction of sp³-hybridized carbons (Fsp3) is 0.560. The van der Waals surface area contributed by atoms with Gasteiger partial charge < -0.3 is 26.0 Å². The Balaban J connectivity index is 0.00000432. The molecule has 1 saturated heterocycles. The van der Waals surface area contributed by atoms with Crippen molar-refractivity contribution < 1.29 is 14.7 Å². The Morgan fingerprint density at radius 1 is 1.29 bits per heavy atom. The van der Waals surface area contributed by atoms with Gasteiger partial charge in [-0.05, 0) is 37.6 Å². The minimum Gasteiger partial charge on any atom is -0.391 e. The summed E-state index contributed by atoms with van der Waals surface area (Å²) in [4.78, 5) is 35.3. The second-order valence-corrected chi connectivity index (χ2v) is 11.3. The van der Waals surface area contributed by atoms with Crippen LogP contribution in [0.4, 0.5) is 0 Å². The fourth-order valence-electron chi connectivity index (χ4n) is 4.17. The Morgan fingerprint density at radius 2 is 1.91 bits per heavy atom. The van der Waals surface area contributed by atoms with Crippen LogP contribution in [0.1, 0.15) is 44.5 Å². The highest BCUT2D eigenvalue weighted by Gasteiger charge is 2.43. The number of nitrogens with one attached hydrogen (secondary N) is 1. The molecule has 0 radical (unpaired) electrons. The molecular formula is C25H38ClN5O3S. The molecule has 10 heteroatoms. The summed E-state index contributed by atoms with van der Waals surface area (Å²) in [5, 5.41) is 13.4. The first-order valence-electron chi connectivity index (χ1n) is 11.6. The van der Waals surface area contributed by atoms with E-state index < -0.39 is 23.6 Å². The number of halogens is 1. The van der Waals surface area contributed by atoms with Gasteiger partial charge in [0.05, 0.1) is 34.3 Å². The number of likely N-dealkylation sites (tertiary alicyclic amines) is 1. The van der Waals surface area contributed by atoms with E-state index in [4.69, 9.17) is 5.73 Å². The van der Waals surface area contributed by atoms with Gasteiger partial charge >= 0.3 is 0 Å². The molecule has 1 aromatic carbocycles. The van der Waals surface area contributed by atoms with Crippen molar-refractivity contribution in [1.29, 1.82) is 0 Å². The van der Waals surface area contributed by atoms with Crippen LogP contribution in [0.15, 0.2) is 29.8 Å². The molecule has 0 bridgehead atoms. The van der Waals surface area contributed by atoms with Crippen molar-refractivity contribution in [2.45, 2.75) is 58.3 Å². The minimum atomic E-state index is -0.756. The van der Waals surface area contributed by atoms with Crippen LogP contribution in [0.5, 0.6) is 0 Å². The number of aliphatic hydroxyl groups is 1. The Morgan fingerprint density at radius 3 is 2.43 bits per heavy atom. The van der Waals surface area contributed by atoms with Crippen molar-refractivity contribution in [3.05, 3.63) is 41.0 Å². The zero-order valence-electron chi connectivity index (χ0n) is 21.3. The van der Waals surface area contributed by atoms with Crippen LogP contribution in [0.25, 0.3) is 10.4 Å². The number of likely N-dealkylation sites (N-methyl/N-ethyl adjacent to an activating group) is 1. The monoisotopic (exact) mass is 523 g/mol. The van der Waals surface area contributed by atoms with E-state index in [-0.39, 0.29) is 43.2 Å². The summed E-state index contributed by atoms with van der Waals surface area (Å²) in [6.45, 7) is 8.37. The normalized spacial score (nSPS) is 19.9. The zero-order chi connectivity index (χ0) is 25.2. The first-order chi connectivity index (χ1) is 15.9. The average molecular weight is 524 g/mol. The van der Waals surface area contributed by atoms with Gasteiger partial charge in [0.15, 0.2) is 0 Å². The van der Waals surface area contributed by atoms with Gasteiger partial charge in [-0.3, -0.25) is 9.59 Å². The van der Waals surface area contributed by atoms with Crippen molar-refractivity contribution in [1.82, 2.24) is 20.1 Å². The molecule has 1 aliphatic rings. The van der Waals surface area contributed by atoms with Crippen molar-refractivity contribution in [3.63, 3.8) is 0 Å². The predicted molar refractivity (Wildman–Crippen MR) is 143 cm³/mol. The molecule has 194 valence electrons. The van der Waals surface area contributed by atoms with Gasteiger partial charge in [0, 0.05) is 19.5 Å². The van der Waals surface area contributed by atoms with Gasteiger partial charge in [-0.15, -0.1) is 23.7 Å². The number of aryl methyl sites for hydroxylation is 1. The molecule has 35 heavy (non-hydrogen) atoms. The molecule has 2 aromatic rings. The Hall–Kier alpha value is -2.04. The second kappa shape index (κ2) is 11.8. The van der Waals surface area contributed by atoms with Crippen LogP contribution < -0.4 is 11.1 Å². The predicted octanol–water partition coefficient (Wildman–Crippen LogP) is 2.59. The molecule has 1 aromatic heterocycles. The first-order valence-corrected chi connectivity index (χ1v) is 12.5. The van der Waals surface area contributed by atoms with Gasteiger partial charge in [0.1, 0.15) is 6.04 Å².